The van der Waals surface area contributed by atoms with Gasteiger partial charge >= 0.3 is 0 Å². The fourth-order valence-electron chi connectivity index (χ4n) is 2.93. The Hall–Kier alpha value is -3.97. The molecule has 0 aliphatic carbocycles. The molecule has 8 nitrogen and oxygen atoms in total. The van der Waals surface area contributed by atoms with E-state index in [0.717, 1.165) is 12.3 Å². The van der Waals surface area contributed by atoms with E-state index in [1.165, 1.54) is 24.3 Å². The highest BCUT2D eigenvalue weighted by Crippen LogP contribution is 2.33. The van der Waals surface area contributed by atoms with Crippen LogP contribution in [0.25, 0.3) is 6.08 Å². The van der Waals surface area contributed by atoms with Crippen LogP contribution in [0.1, 0.15) is 5.56 Å². The predicted octanol–water partition coefficient (Wildman–Crippen LogP) is 5.15. The Morgan fingerprint density at radius 2 is 1.89 bits per heavy atom. The molecule has 1 aromatic heterocycles. The Balaban J connectivity index is 1.46. The number of ether oxygens (including phenoxy) is 1. The molecule has 14 heteroatoms. The maximum atomic E-state index is 13.8. The standard InChI is InChI=1S/C22H11ClF4N4O4S/c23-21-28-8-13(25)19(30-21)35-11-3-1-2-10(6-11)7-15-20(33)31(22(34)36-15)9-16(32)29-14-5-4-12(24)17(26)18(14)27/h1-8H,9H2,(H,29,32)/b15-7+. The summed E-state index contributed by atoms with van der Waals surface area (Å²) in [5.74, 6) is -7.80. The molecule has 36 heavy (non-hydrogen) atoms. The lowest BCUT2D eigenvalue weighted by atomic mass is 10.2. The Morgan fingerprint density at radius 3 is 2.67 bits per heavy atom. The van der Waals surface area contributed by atoms with Crippen LogP contribution in [0.3, 0.4) is 0 Å². The van der Waals surface area contributed by atoms with Gasteiger partial charge in [0.2, 0.25) is 17.0 Å². The van der Waals surface area contributed by atoms with Crippen molar-refractivity contribution in [1.82, 2.24) is 14.9 Å². The Bertz CT molecular complexity index is 1440. The van der Waals surface area contributed by atoms with Crippen LogP contribution in [0, 0.1) is 23.3 Å². The van der Waals surface area contributed by atoms with E-state index >= 15 is 0 Å². The second-order valence-corrected chi connectivity index (χ2v) is 8.34. The number of rotatable bonds is 6. The van der Waals surface area contributed by atoms with Crippen molar-refractivity contribution in [3.63, 3.8) is 0 Å². The SMILES string of the molecule is O=C(CN1C(=O)S/C(=C/c2cccc(Oc3nc(Cl)ncc3F)c2)C1=O)Nc1ccc(F)c(F)c1F. The molecule has 3 amide bonds. The highest BCUT2D eigenvalue weighted by molar-refractivity contribution is 8.18. The van der Waals surface area contributed by atoms with E-state index in [2.05, 4.69) is 9.97 Å². The zero-order valence-corrected chi connectivity index (χ0v) is 19.2. The number of benzene rings is 2. The fourth-order valence-corrected chi connectivity index (χ4v) is 3.89. The second-order valence-electron chi connectivity index (χ2n) is 7.01. The van der Waals surface area contributed by atoms with Gasteiger partial charge in [0.25, 0.3) is 17.0 Å². The van der Waals surface area contributed by atoms with Crippen molar-refractivity contribution in [2.24, 2.45) is 0 Å². The molecule has 4 rings (SSSR count). The minimum atomic E-state index is -1.78. The zero-order chi connectivity index (χ0) is 26.0. The summed E-state index contributed by atoms with van der Waals surface area (Å²) >= 11 is 6.18. The smallest absolute Gasteiger partial charge is 0.294 e. The lowest BCUT2D eigenvalue weighted by Crippen LogP contribution is -2.36. The van der Waals surface area contributed by atoms with Gasteiger partial charge in [0.15, 0.2) is 17.5 Å². The molecule has 1 N–H and O–H groups in total. The van der Waals surface area contributed by atoms with Gasteiger partial charge in [0, 0.05) is 0 Å². The van der Waals surface area contributed by atoms with Gasteiger partial charge in [-0.1, -0.05) is 12.1 Å². The lowest BCUT2D eigenvalue weighted by Gasteiger charge is -2.13. The van der Waals surface area contributed by atoms with Crippen molar-refractivity contribution in [3.8, 4) is 11.6 Å². The number of amides is 3. The number of hydrogen-bond acceptors (Lipinski definition) is 7. The number of imide groups is 1. The Morgan fingerprint density at radius 1 is 1.11 bits per heavy atom. The topological polar surface area (TPSA) is 101 Å². The van der Waals surface area contributed by atoms with Gasteiger partial charge in [-0.25, -0.2) is 18.2 Å². The number of aromatic nitrogens is 2. The summed E-state index contributed by atoms with van der Waals surface area (Å²) in [4.78, 5) is 44.8. The summed E-state index contributed by atoms with van der Waals surface area (Å²) in [5.41, 5.74) is -0.258. The third-order valence-corrected chi connectivity index (χ3v) is 5.63. The molecule has 1 saturated heterocycles. The van der Waals surface area contributed by atoms with Crippen molar-refractivity contribution < 1.29 is 36.7 Å². The van der Waals surface area contributed by atoms with Crippen molar-refractivity contribution in [2.45, 2.75) is 0 Å². The summed E-state index contributed by atoms with van der Waals surface area (Å²) in [6.45, 7) is -0.794. The van der Waals surface area contributed by atoms with E-state index < -0.39 is 58.4 Å². The van der Waals surface area contributed by atoms with Gasteiger partial charge in [0.1, 0.15) is 12.3 Å². The predicted molar refractivity (Wildman–Crippen MR) is 121 cm³/mol. The Kier molecular flexibility index (Phi) is 7.22. The van der Waals surface area contributed by atoms with Crippen LogP contribution >= 0.6 is 23.4 Å². The van der Waals surface area contributed by atoms with E-state index in [1.54, 1.807) is 6.07 Å². The molecule has 2 aromatic carbocycles. The molecule has 0 spiro atoms. The number of nitrogens with zero attached hydrogens (tertiary/aromatic N) is 3. The van der Waals surface area contributed by atoms with Crippen LogP contribution < -0.4 is 10.1 Å². The first-order chi connectivity index (χ1) is 17.1. The van der Waals surface area contributed by atoms with E-state index in [0.29, 0.717) is 28.3 Å². The molecule has 0 bridgehead atoms. The maximum Gasteiger partial charge on any atom is 0.294 e. The number of anilines is 1. The van der Waals surface area contributed by atoms with Crippen LogP contribution in [-0.4, -0.2) is 38.5 Å². The lowest BCUT2D eigenvalue weighted by molar-refractivity contribution is -0.127. The number of carbonyl (C=O) groups excluding carboxylic acids is 3. The molecule has 1 aliphatic heterocycles. The summed E-state index contributed by atoms with van der Waals surface area (Å²) < 4.78 is 59.3. The third-order valence-electron chi connectivity index (χ3n) is 4.54. The molecule has 2 heterocycles. The summed E-state index contributed by atoms with van der Waals surface area (Å²) in [6.07, 6.45) is 2.18. The van der Waals surface area contributed by atoms with Crippen LogP contribution in [0.2, 0.25) is 5.28 Å². The molecule has 3 aromatic rings. The van der Waals surface area contributed by atoms with Crippen LogP contribution in [0.15, 0.2) is 47.5 Å². The monoisotopic (exact) mass is 538 g/mol. The van der Waals surface area contributed by atoms with Gasteiger partial charge < -0.3 is 10.1 Å². The highest BCUT2D eigenvalue weighted by atomic mass is 35.5. The molecule has 1 aliphatic rings. The maximum absolute atomic E-state index is 13.8. The summed E-state index contributed by atoms with van der Waals surface area (Å²) in [5, 5.41) is 0.978. The largest absolute Gasteiger partial charge is 0.436 e. The van der Waals surface area contributed by atoms with E-state index in [9.17, 15) is 31.9 Å². The first kappa shape index (κ1) is 25.1. The van der Waals surface area contributed by atoms with Gasteiger partial charge in [0.05, 0.1) is 16.8 Å². The van der Waals surface area contributed by atoms with Crippen molar-refractivity contribution >= 4 is 52.2 Å². The minimum absolute atomic E-state index is 0.0415. The van der Waals surface area contributed by atoms with Crippen molar-refractivity contribution in [3.05, 3.63) is 81.6 Å². The van der Waals surface area contributed by atoms with E-state index in [1.807, 2.05) is 5.32 Å². The van der Waals surface area contributed by atoms with E-state index in [4.69, 9.17) is 16.3 Å². The van der Waals surface area contributed by atoms with Gasteiger partial charge in [-0.3, -0.25) is 19.3 Å². The molecular weight excluding hydrogens is 528 g/mol. The zero-order valence-electron chi connectivity index (χ0n) is 17.6. The average Bonchev–Trinajstić information content (AvgIpc) is 3.09. The highest BCUT2D eigenvalue weighted by Gasteiger charge is 2.36. The van der Waals surface area contributed by atoms with Crippen molar-refractivity contribution in [2.75, 3.05) is 11.9 Å². The molecule has 184 valence electrons. The first-order valence-corrected chi connectivity index (χ1v) is 11.0. The number of thioether (sulfide) groups is 1. The van der Waals surface area contributed by atoms with E-state index in [-0.39, 0.29) is 15.9 Å². The molecule has 0 radical (unpaired) electrons. The summed E-state index contributed by atoms with van der Waals surface area (Å²) in [6, 6.07) is 7.44. The average molecular weight is 539 g/mol. The third kappa shape index (κ3) is 5.47. The van der Waals surface area contributed by atoms with Crippen LogP contribution in [0.4, 0.5) is 28.0 Å². The summed E-state index contributed by atoms with van der Waals surface area (Å²) in [7, 11) is 0. The second kappa shape index (κ2) is 10.3. The quantitative estimate of drug-likeness (QED) is 0.200. The van der Waals surface area contributed by atoms with Crippen LogP contribution in [0.5, 0.6) is 11.6 Å². The number of carbonyl (C=O) groups is 3. The number of hydrogen-bond donors (Lipinski definition) is 1. The first-order valence-electron chi connectivity index (χ1n) is 9.77. The minimum Gasteiger partial charge on any atom is -0.436 e. The number of nitrogens with one attached hydrogen (secondary N) is 1. The van der Waals surface area contributed by atoms with Gasteiger partial charge in [-0.15, -0.1) is 0 Å². The Labute approximate surface area is 208 Å². The molecule has 1 fully saturated rings. The molecule has 0 atom stereocenters. The fraction of sp³-hybridized carbons (Fsp3) is 0.0455. The molecular formula is C22H11ClF4N4O4S. The number of halogens is 5. The van der Waals surface area contributed by atoms with Crippen LogP contribution in [-0.2, 0) is 9.59 Å². The van der Waals surface area contributed by atoms with Crippen molar-refractivity contribution in [1.29, 1.82) is 0 Å². The van der Waals surface area contributed by atoms with Gasteiger partial charge in [-0.05, 0) is 59.3 Å². The molecule has 0 unspecified atom stereocenters. The normalized spacial score (nSPS) is 14.5. The molecule has 0 saturated carbocycles. The van der Waals surface area contributed by atoms with Gasteiger partial charge in [-0.2, -0.15) is 9.37 Å².